The number of primary amides is 1. The molecule has 2 rings (SSSR count). The standard InChI is InChI=1S/C8H8N4O2/c9-7(13)4-14-6-3-1-2-5-8(6)11-12-10-5/h1-3H,4H2,(H2,9,13)(H,10,11,12). The second-order valence-corrected chi connectivity index (χ2v) is 2.70. The van der Waals surface area contributed by atoms with E-state index in [1.807, 2.05) is 0 Å². The summed E-state index contributed by atoms with van der Waals surface area (Å²) in [5, 5.41) is 10.2. The van der Waals surface area contributed by atoms with E-state index in [4.69, 9.17) is 10.5 Å². The predicted molar refractivity (Wildman–Crippen MR) is 48.6 cm³/mol. The number of benzene rings is 1. The van der Waals surface area contributed by atoms with Gasteiger partial charge in [0, 0.05) is 0 Å². The van der Waals surface area contributed by atoms with Crippen molar-refractivity contribution >= 4 is 16.9 Å². The number of aromatic amines is 1. The summed E-state index contributed by atoms with van der Waals surface area (Å²) in [4.78, 5) is 10.5. The molecule has 1 heterocycles. The van der Waals surface area contributed by atoms with Crippen LogP contribution in [-0.4, -0.2) is 27.9 Å². The molecule has 0 aliphatic heterocycles. The molecule has 14 heavy (non-hydrogen) atoms. The lowest BCUT2D eigenvalue weighted by Crippen LogP contribution is -2.20. The van der Waals surface area contributed by atoms with Crippen LogP contribution >= 0.6 is 0 Å². The largest absolute Gasteiger partial charge is 0.481 e. The predicted octanol–water partition coefficient (Wildman–Crippen LogP) is -0.178. The Kier molecular flexibility index (Phi) is 2.02. The Labute approximate surface area is 79.0 Å². The average Bonchev–Trinajstić information content (AvgIpc) is 2.62. The summed E-state index contributed by atoms with van der Waals surface area (Å²) < 4.78 is 5.14. The number of para-hydroxylation sites is 1. The highest BCUT2D eigenvalue weighted by Crippen LogP contribution is 2.20. The molecule has 0 atom stereocenters. The lowest BCUT2D eigenvalue weighted by molar-refractivity contribution is -0.119. The van der Waals surface area contributed by atoms with Gasteiger partial charge in [0.2, 0.25) is 0 Å². The van der Waals surface area contributed by atoms with Crippen molar-refractivity contribution in [2.45, 2.75) is 0 Å². The smallest absolute Gasteiger partial charge is 0.255 e. The van der Waals surface area contributed by atoms with Crippen LogP contribution < -0.4 is 10.5 Å². The first-order chi connectivity index (χ1) is 6.77. The fraction of sp³-hybridized carbons (Fsp3) is 0.125. The summed E-state index contributed by atoms with van der Waals surface area (Å²) >= 11 is 0. The third-order valence-electron chi connectivity index (χ3n) is 1.68. The number of nitrogens with one attached hydrogen (secondary N) is 1. The van der Waals surface area contributed by atoms with Gasteiger partial charge in [-0.05, 0) is 12.1 Å². The van der Waals surface area contributed by atoms with Gasteiger partial charge in [0.25, 0.3) is 5.91 Å². The molecule has 6 heteroatoms. The number of ether oxygens (including phenoxy) is 1. The molecule has 0 radical (unpaired) electrons. The topological polar surface area (TPSA) is 93.9 Å². The number of H-pyrrole nitrogens is 1. The molecule has 0 saturated heterocycles. The minimum Gasteiger partial charge on any atom is -0.481 e. The number of fused-ring (bicyclic) bond motifs is 1. The van der Waals surface area contributed by atoms with Crippen molar-refractivity contribution in [3.05, 3.63) is 18.2 Å². The lowest BCUT2D eigenvalue weighted by atomic mass is 10.3. The van der Waals surface area contributed by atoms with E-state index in [0.29, 0.717) is 16.8 Å². The van der Waals surface area contributed by atoms with Gasteiger partial charge < -0.3 is 10.5 Å². The highest BCUT2D eigenvalue weighted by Gasteiger charge is 2.05. The van der Waals surface area contributed by atoms with Crippen LogP contribution in [0.4, 0.5) is 0 Å². The molecule has 0 saturated carbocycles. The van der Waals surface area contributed by atoms with Crippen LogP contribution in [0.25, 0.3) is 11.0 Å². The highest BCUT2D eigenvalue weighted by molar-refractivity contribution is 5.81. The van der Waals surface area contributed by atoms with Crippen LogP contribution in [0, 0.1) is 0 Å². The molecular weight excluding hydrogens is 184 g/mol. The van der Waals surface area contributed by atoms with Gasteiger partial charge in [-0.1, -0.05) is 6.07 Å². The number of aromatic nitrogens is 3. The van der Waals surface area contributed by atoms with E-state index in [0.717, 1.165) is 0 Å². The average molecular weight is 192 g/mol. The molecule has 1 aromatic carbocycles. The SMILES string of the molecule is NC(=O)COc1cccc2n[nH]nc12. The maximum atomic E-state index is 10.5. The maximum absolute atomic E-state index is 10.5. The molecule has 0 fully saturated rings. The van der Waals surface area contributed by atoms with Gasteiger partial charge in [0.05, 0.1) is 0 Å². The van der Waals surface area contributed by atoms with Gasteiger partial charge in [-0.25, -0.2) is 0 Å². The molecule has 2 aromatic rings. The normalized spacial score (nSPS) is 10.3. The first-order valence-electron chi connectivity index (χ1n) is 3.98. The van der Waals surface area contributed by atoms with Gasteiger partial charge in [-0.3, -0.25) is 4.79 Å². The molecule has 6 nitrogen and oxygen atoms in total. The van der Waals surface area contributed by atoms with Gasteiger partial charge in [0.1, 0.15) is 11.3 Å². The maximum Gasteiger partial charge on any atom is 0.255 e. The van der Waals surface area contributed by atoms with E-state index in [-0.39, 0.29) is 6.61 Å². The van der Waals surface area contributed by atoms with Crippen molar-refractivity contribution in [1.29, 1.82) is 0 Å². The summed E-state index contributed by atoms with van der Waals surface area (Å²) in [6.45, 7) is -0.161. The Bertz CT molecular complexity index is 465. The van der Waals surface area contributed by atoms with Crippen molar-refractivity contribution < 1.29 is 9.53 Å². The zero-order valence-corrected chi connectivity index (χ0v) is 7.23. The fourth-order valence-electron chi connectivity index (χ4n) is 1.11. The Hall–Kier alpha value is -2.11. The van der Waals surface area contributed by atoms with Crippen LogP contribution in [0.15, 0.2) is 18.2 Å². The summed E-state index contributed by atoms with van der Waals surface area (Å²) in [6, 6.07) is 5.25. The summed E-state index contributed by atoms with van der Waals surface area (Å²) in [6.07, 6.45) is 0. The van der Waals surface area contributed by atoms with E-state index >= 15 is 0 Å². The van der Waals surface area contributed by atoms with E-state index in [2.05, 4.69) is 15.4 Å². The van der Waals surface area contributed by atoms with Crippen LogP contribution in [-0.2, 0) is 4.79 Å². The van der Waals surface area contributed by atoms with Crippen LogP contribution in [0.2, 0.25) is 0 Å². The van der Waals surface area contributed by atoms with Gasteiger partial charge >= 0.3 is 0 Å². The first kappa shape index (κ1) is 8.49. The number of amides is 1. The number of rotatable bonds is 3. The highest BCUT2D eigenvalue weighted by atomic mass is 16.5. The van der Waals surface area contributed by atoms with Crippen molar-refractivity contribution in [2.24, 2.45) is 5.73 Å². The third kappa shape index (κ3) is 1.49. The van der Waals surface area contributed by atoms with Crippen molar-refractivity contribution in [1.82, 2.24) is 15.4 Å². The quantitative estimate of drug-likeness (QED) is 0.705. The molecule has 0 unspecified atom stereocenters. The van der Waals surface area contributed by atoms with Crippen molar-refractivity contribution in [3.63, 3.8) is 0 Å². The molecule has 0 bridgehead atoms. The van der Waals surface area contributed by atoms with Gasteiger partial charge in [-0.2, -0.15) is 15.4 Å². The molecular formula is C8H8N4O2. The number of nitrogens with zero attached hydrogens (tertiary/aromatic N) is 2. The first-order valence-corrected chi connectivity index (χ1v) is 3.98. The number of hydrogen-bond donors (Lipinski definition) is 2. The number of carbonyl (C=O) groups excluding carboxylic acids is 1. The molecule has 0 aliphatic rings. The van der Waals surface area contributed by atoms with E-state index in [1.165, 1.54) is 0 Å². The Morgan fingerprint density at radius 1 is 1.50 bits per heavy atom. The Balaban J connectivity index is 2.32. The molecule has 72 valence electrons. The summed E-state index contributed by atoms with van der Waals surface area (Å²) in [5.74, 6) is -0.0273. The fourth-order valence-corrected chi connectivity index (χ4v) is 1.11. The van der Waals surface area contributed by atoms with E-state index < -0.39 is 5.91 Å². The zero-order chi connectivity index (χ0) is 9.97. The lowest BCUT2D eigenvalue weighted by Gasteiger charge is -2.02. The third-order valence-corrected chi connectivity index (χ3v) is 1.68. The zero-order valence-electron chi connectivity index (χ0n) is 7.23. The Morgan fingerprint density at radius 3 is 3.14 bits per heavy atom. The van der Waals surface area contributed by atoms with Crippen LogP contribution in [0.1, 0.15) is 0 Å². The van der Waals surface area contributed by atoms with Crippen molar-refractivity contribution in [3.8, 4) is 5.75 Å². The monoisotopic (exact) mass is 192 g/mol. The van der Waals surface area contributed by atoms with Gasteiger partial charge in [0.15, 0.2) is 12.1 Å². The Morgan fingerprint density at radius 2 is 2.36 bits per heavy atom. The van der Waals surface area contributed by atoms with Crippen LogP contribution in [0.5, 0.6) is 5.75 Å². The minimum absolute atomic E-state index is 0.161. The molecule has 1 amide bonds. The van der Waals surface area contributed by atoms with Crippen molar-refractivity contribution in [2.75, 3.05) is 6.61 Å². The molecule has 0 spiro atoms. The van der Waals surface area contributed by atoms with Gasteiger partial charge in [-0.15, -0.1) is 0 Å². The minimum atomic E-state index is -0.523. The number of carbonyl (C=O) groups is 1. The molecule has 3 N–H and O–H groups in total. The summed E-state index contributed by atoms with van der Waals surface area (Å²) in [5.41, 5.74) is 6.23. The van der Waals surface area contributed by atoms with E-state index in [9.17, 15) is 4.79 Å². The van der Waals surface area contributed by atoms with Crippen LogP contribution in [0.3, 0.4) is 0 Å². The molecule has 0 aliphatic carbocycles. The second-order valence-electron chi connectivity index (χ2n) is 2.70. The molecule has 1 aromatic heterocycles. The second kappa shape index (κ2) is 3.33. The number of hydrogen-bond acceptors (Lipinski definition) is 4. The van der Waals surface area contributed by atoms with E-state index in [1.54, 1.807) is 18.2 Å². The summed E-state index contributed by atoms with van der Waals surface area (Å²) in [7, 11) is 0. The number of nitrogens with two attached hydrogens (primary N) is 1.